The van der Waals surface area contributed by atoms with E-state index in [-0.39, 0.29) is 12.5 Å². The molecule has 0 heterocycles. The molecule has 0 aliphatic rings. The maximum absolute atomic E-state index is 12.5. The Hall–Kier alpha value is -4.53. The topological polar surface area (TPSA) is 107 Å². The van der Waals surface area contributed by atoms with Crippen LogP contribution in [-0.2, 0) is 4.79 Å². The number of nitrogens with one attached hydrogen (secondary N) is 2. The number of ether oxygens (including phenoxy) is 4. The largest absolute Gasteiger partial charge is 0.493 e. The van der Waals surface area contributed by atoms with Crippen molar-refractivity contribution in [1.82, 2.24) is 5.43 Å². The molecule has 36 heavy (non-hydrogen) atoms. The number of hydrogen-bond donors (Lipinski definition) is 2. The molecule has 0 fully saturated rings. The smallest absolute Gasteiger partial charge is 0.271 e. The van der Waals surface area contributed by atoms with E-state index in [1.165, 1.54) is 20.4 Å². The average Bonchev–Trinajstić information content (AvgIpc) is 2.91. The predicted molar refractivity (Wildman–Crippen MR) is 137 cm³/mol. The number of benzene rings is 3. The van der Waals surface area contributed by atoms with Crippen LogP contribution in [0.15, 0.2) is 71.8 Å². The Morgan fingerprint density at radius 3 is 2.28 bits per heavy atom. The second-order valence-corrected chi connectivity index (χ2v) is 7.53. The number of rotatable bonds is 12. The minimum Gasteiger partial charge on any atom is -0.493 e. The molecule has 0 unspecified atom stereocenters. The summed E-state index contributed by atoms with van der Waals surface area (Å²) in [6.07, 6.45) is 2.34. The number of anilines is 1. The van der Waals surface area contributed by atoms with Gasteiger partial charge in [-0.2, -0.15) is 5.10 Å². The van der Waals surface area contributed by atoms with E-state index in [1.807, 2.05) is 25.1 Å². The van der Waals surface area contributed by atoms with Crippen LogP contribution in [0.4, 0.5) is 5.69 Å². The van der Waals surface area contributed by atoms with E-state index in [4.69, 9.17) is 18.9 Å². The first-order valence-electron chi connectivity index (χ1n) is 11.3. The van der Waals surface area contributed by atoms with Crippen LogP contribution in [0.5, 0.6) is 23.0 Å². The van der Waals surface area contributed by atoms with Crippen molar-refractivity contribution in [2.24, 2.45) is 5.10 Å². The van der Waals surface area contributed by atoms with Crippen molar-refractivity contribution in [3.63, 3.8) is 0 Å². The molecule has 0 radical (unpaired) electrons. The van der Waals surface area contributed by atoms with E-state index in [0.717, 1.165) is 6.42 Å². The first-order valence-corrected chi connectivity index (χ1v) is 11.3. The number of hydrogen-bond acceptors (Lipinski definition) is 7. The number of methoxy groups -OCH3 is 2. The second kappa shape index (κ2) is 13.4. The van der Waals surface area contributed by atoms with Gasteiger partial charge in [0, 0.05) is 11.3 Å². The lowest BCUT2D eigenvalue weighted by Crippen LogP contribution is -2.20. The number of hydrazone groups is 1. The Kier molecular flexibility index (Phi) is 9.69. The Labute approximate surface area is 210 Å². The molecule has 0 spiro atoms. The van der Waals surface area contributed by atoms with Gasteiger partial charge in [-0.25, -0.2) is 5.43 Å². The third-order valence-electron chi connectivity index (χ3n) is 4.87. The maximum atomic E-state index is 12.5. The van der Waals surface area contributed by atoms with Gasteiger partial charge >= 0.3 is 0 Å². The van der Waals surface area contributed by atoms with Gasteiger partial charge in [-0.3, -0.25) is 9.59 Å². The van der Waals surface area contributed by atoms with Crippen molar-refractivity contribution < 1.29 is 28.5 Å². The lowest BCUT2D eigenvalue weighted by atomic mass is 10.2. The fourth-order valence-corrected chi connectivity index (χ4v) is 3.12. The lowest BCUT2D eigenvalue weighted by Gasteiger charge is -2.11. The Morgan fingerprint density at radius 1 is 0.861 bits per heavy atom. The summed E-state index contributed by atoms with van der Waals surface area (Å²) in [6.45, 7) is 2.38. The molecule has 9 nitrogen and oxygen atoms in total. The second-order valence-electron chi connectivity index (χ2n) is 7.53. The Morgan fingerprint density at radius 2 is 1.56 bits per heavy atom. The fourth-order valence-electron chi connectivity index (χ4n) is 3.12. The summed E-state index contributed by atoms with van der Waals surface area (Å²) in [5.41, 5.74) is 4.21. The molecule has 9 heteroatoms. The van der Waals surface area contributed by atoms with Crippen molar-refractivity contribution in [3.05, 3.63) is 77.9 Å². The average molecular weight is 492 g/mol. The molecular weight excluding hydrogens is 462 g/mol. The molecule has 0 aliphatic carbocycles. The Balaban J connectivity index is 1.57. The summed E-state index contributed by atoms with van der Waals surface area (Å²) >= 11 is 0. The summed E-state index contributed by atoms with van der Waals surface area (Å²) in [6, 6.07) is 19.1. The van der Waals surface area contributed by atoms with E-state index in [1.54, 1.807) is 48.5 Å². The summed E-state index contributed by atoms with van der Waals surface area (Å²) in [7, 11) is 3.01. The molecule has 0 atom stereocenters. The van der Waals surface area contributed by atoms with Gasteiger partial charge < -0.3 is 24.3 Å². The highest BCUT2D eigenvalue weighted by molar-refractivity contribution is 5.95. The maximum Gasteiger partial charge on any atom is 0.271 e. The zero-order chi connectivity index (χ0) is 25.8. The first kappa shape index (κ1) is 26.1. The van der Waals surface area contributed by atoms with Crippen molar-refractivity contribution in [1.29, 1.82) is 0 Å². The minimum absolute atomic E-state index is 0.180. The number of amides is 2. The van der Waals surface area contributed by atoms with E-state index in [0.29, 0.717) is 46.4 Å². The summed E-state index contributed by atoms with van der Waals surface area (Å²) in [5, 5.41) is 6.77. The minimum atomic E-state index is -0.400. The number of nitrogens with zero attached hydrogens (tertiary/aromatic N) is 1. The van der Waals surface area contributed by atoms with Gasteiger partial charge in [-0.15, -0.1) is 0 Å². The van der Waals surface area contributed by atoms with Crippen LogP contribution in [0.3, 0.4) is 0 Å². The molecule has 0 aromatic heterocycles. The van der Waals surface area contributed by atoms with Crippen LogP contribution in [0.25, 0.3) is 0 Å². The zero-order valence-electron chi connectivity index (χ0n) is 20.4. The molecule has 2 amide bonds. The third-order valence-corrected chi connectivity index (χ3v) is 4.87. The molecule has 0 saturated carbocycles. The van der Waals surface area contributed by atoms with Gasteiger partial charge in [0.2, 0.25) is 0 Å². The molecule has 0 aliphatic heterocycles. The molecule has 188 valence electrons. The van der Waals surface area contributed by atoms with Crippen molar-refractivity contribution >= 4 is 23.7 Å². The van der Waals surface area contributed by atoms with E-state index >= 15 is 0 Å². The van der Waals surface area contributed by atoms with E-state index in [2.05, 4.69) is 15.8 Å². The lowest BCUT2D eigenvalue weighted by molar-refractivity contribution is -0.118. The van der Waals surface area contributed by atoms with Crippen LogP contribution in [0.1, 0.15) is 29.3 Å². The number of para-hydroxylation sites is 1. The van der Waals surface area contributed by atoms with Gasteiger partial charge in [-0.1, -0.05) is 25.1 Å². The van der Waals surface area contributed by atoms with E-state index < -0.39 is 5.91 Å². The van der Waals surface area contributed by atoms with E-state index in [9.17, 15) is 9.59 Å². The molecule has 2 N–H and O–H groups in total. The molecule has 0 saturated heterocycles. The highest BCUT2D eigenvalue weighted by Crippen LogP contribution is 2.29. The number of carbonyl (C=O) groups excluding carboxylic acids is 2. The van der Waals surface area contributed by atoms with Gasteiger partial charge in [0.25, 0.3) is 11.8 Å². The highest BCUT2D eigenvalue weighted by Gasteiger charge is 2.11. The highest BCUT2D eigenvalue weighted by atomic mass is 16.5. The van der Waals surface area contributed by atoms with Crippen LogP contribution in [0.2, 0.25) is 0 Å². The number of carbonyl (C=O) groups is 2. The third kappa shape index (κ3) is 7.49. The SMILES string of the molecule is CCCOc1ccc(C(=O)N/N=C/c2ccc(OCC(=O)Nc3ccccc3)c(OC)c2)cc1OC. The van der Waals surface area contributed by atoms with Gasteiger partial charge in [-0.05, 0) is 60.5 Å². The first-order chi connectivity index (χ1) is 17.5. The normalized spacial score (nSPS) is 10.5. The van der Waals surface area contributed by atoms with Crippen LogP contribution in [0, 0.1) is 0 Å². The van der Waals surface area contributed by atoms with Crippen LogP contribution < -0.4 is 29.7 Å². The van der Waals surface area contributed by atoms with Gasteiger partial charge in [0.1, 0.15) is 0 Å². The monoisotopic (exact) mass is 491 g/mol. The van der Waals surface area contributed by atoms with Crippen LogP contribution in [-0.4, -0.2) is 45.5 Å². The van der Waals surface area contributed by atoms with Gasteiger partial charge in [0.15, 0.2) is 29.6 Å². The molecular formula is C27H29N3O6. The molecule has 3 aromatic rings. The zero-order valence-corrected chi connectivity index (χ0v) is 20.4. The molecule has 3 aromatic carbocycles. The van der Waals surface area contributed by atoms with Crippen molar-refractivity contribution in [3.8, 4) is 23.0 Å². The summed E-state index contributed by atoms with van der Waals surface area (Å²) in [5.74, 6) is 1.18. The summed E-state index contributed by atoms with van der Waals surface area (Å²) < 4.78 is 21.9. The predicted octanol–water partition coefficient (Wildman–Crippen LogP) is 4.27. The van der Waals surface area contributed by atoms with Gasteiger partial charge in [0.05, 0.1) is 27.0 Å². The van der Waals surface area contributed by atoms with Crippen molar-refractivity contribution in [2.45, 2.75) is 13.3 Å². The standard InChI is InChI=1S/C27H29N3O6/c1-4-14-35-22-13-11-20(16-25(22)34-3)27(32)30-28-17-19-10-12-23(24(15-19)33-2)36-18-26(31)29-21-8-6-5-7-9-21/h5-13,15-17H,4,14,18H2,1-3H3,(H,29,31)(H,30,32)/b28-17+. The molecule has 0 bridgehead atoms. The van der Waals surface area contributed by atoms with Crippen molar-refractivity contribution in [2.75, 3.05) is 32.8 Å². The Bertz CT molecular complexity index is 1200. The quantitative estimate of drug-likeness (QED) is 0.289. The fraction of sp³-hybridized carbons (Fsp3) is 0.222. The molecule has 3 rings (SSSR count). The van der Waals surface area contributed by atoms with Crippen LogP contribution >= 0.6 is 0 Å². The summed E-state index contributed by atoms with van der Waals surface area (Å²) in [4.78, 5) is 24.6.